The van der Waals surface area contributed by atoms with Crippen molar-refractivity contribution in [3.63, 3.8) is 0 Å². The van der Waals surface area contributed by atoms with Crippen molar-refractivity contribution >= 4 is 0 Å². The van der Waals surface area contributed by atoms with Gasteiger partial charge in [0.15, 0.2) is 6.29 Å². The smallest absolute Gasteiger partial charge is 0.157 e. The zero-order chi connectivity index (χ0) is 14.2. The maximum atomic E-state index is 5.53. The van der Waals surface area contributed by atoms with Gasteiger partial charge in [0.05, 0.1) is 0 Å². The molecule has 0 aliphatic rings. The van der Waals surface area contributed by atoms with Gasteiger partial charge in [-0.25, -0.2) is 0 Å². The molecular formula is C17H32O2. The minimum absolute atomic E-state index is 0.0130. The van der Waals surface area contributed by atoms with Crippen LogP contribution in [-0.2, 0) is 9.47 Å². The molecule has 0 aromatic heterocycles. The van der Waals surface area contributed by atoms with E-state index in [9.17, 15) is 0 Å². The van der Waals surface area contributed by atoms with Crippen molar-refractivity contribution in [2.45, 2.75) is 71.5 Å². The van der Waals surface area contributed by atoms with Gasteiger partial charge in [0.1, 0.15) is 0 Å². The highest BCUT2D eigenvalue weighted by Crippen LogP contribution is 2.12. The Bertz CT molecular complexity index is 205. The number of unbranched alkanes of at least 4 members (excludes halogenated alkanes) is 6. The van der Waals surface area contributed by atoms with Crippen LogP contribution in [0.1, 0.15) is 65.2 Å². The van der Waals surface area contributed by atoms with Crippen molar-refractivity contribution in [2.75, 3.05) is 13.2 Å². The fraction of sp³-hybridized carbons (Fsp3) is 0.765. The molecule has 0 unspecified atom stereocenters. The predicted octanol–water partition coefficient (Wildman–Crippen LogP) is 5.25. The fourth-order valence-electron chi connectivity index (χ4n) is 2.06. The Morgan fingerprint density at radius 1 is 0.895 bits per heavy atom. The third-order valence-electron chi connectivity index (χ3n) is 3.04. The van der Waals surface area contributed by atoms with Crippen LogP contribution in [-0.4, -0.2) is 19.5 Å². The second-order valence-corrected chi connectivity index (χ2v) is 4.70. The molecule has 112 valence electrons. The molecular weight excluding hydrogens is 236 g/mol. The molecule has 0 spiro atoms. The first-order chi connectivity index (χ1) is 9.35. The molecule has 19 heavy (non-hydrogen) atoms. The van der Waals surface area contributed by atoms with Gasteiger partial charge in [-0.2, -0.15) is 0 Å². The maximum Gasteiger partial charge on any atom is 0.157 e. The number of hydrogen-bond acceptors (Lipinski definition) is 2. The standard InChI is InChI=1S/C17H32O2/c1-4-7-8-9-10-11-12-13-14-15-16-17(18-5-2)19-6-3/h4,7-8,17H,1,5-6,9-16H2,2-3H3/b8-7+. The lowest BCUT2D eigenvalue weighted by Crippen LogP contribution is -2.17. The van der Waals surface area contributed by atoms with Gasteiger partial charge in [-0.3, -0.25) is 0 Å². The molecule has 0 amide bonds. The summed E-state index contributed by atoms with van der Waals surface area (Å²) < 4.78 is 11.1. The van der Waals surface area contributed by atoms with E-state index in [0.29, 0.717) is 0 Å². The van der Waals surface area contributed by atoms with Crippen LogP contribution in [0, 0.1) is 0 Å². The topological polar surface area (TPSA) is 18.5 Å². The molecule has 0 saturated heterocycles. The first kappa shape index (κ1) is 18.4. The minimum Gasteiger partial charge on any atom is -0.353 e. The van der Waals surface area contributed by atoms with Crippen LogP contribution in [0.25, 0.3) is 0 Å². The van der Waals surface area contributed by atoms with Crippen LogP contribution in [0.15, 0.2) is 24.8 Å². The first-order valence-electron chi connectivity index (χ1n) is 7.85. The highest BCUT2D eigenvalue weighted by molar-refractivity contribution is 4.96. The van der Waals surface area contributed by atoms with Crippen molar-refractivity contribution in [3.05, 3.63) is 24.8 Å². The average molecular weight is 268 g/mol. The molecule has 0 radical (unpaired) electrons. The molecule has 0 aromatic rings. The largest absolute Gasteiger partial charge is 0.353 e. The molecule has 0 rings (SSSR count). The maximum absolute atomic E-state index is 5.53. The van der Waals surface area contributed by atoms with E-state index in [1.165, 1.54) is 44.9 Å². The molecule has 0 N–H and O–H groups in total. The van der Waals surface area contributed by atoms with Crippen molar-refractivity contribution in [1.29, 1.82) is 0 Å². The van der Waals surface area contributed by atoms with Crippen LogP contribution in [0.4, 0.5) is 0 Å². The third kappa shape index (κ3) is 13.6. The predicted molar refractivity (Wildman–Crippen MR) is 83.3 cm³/mol. The zero-order valence-electron chi connectivity index (χ0n) is 12.9. The van der Waals surface area contributed by atoms with E-state index in [4.69, 9.17) is 9.47 Å². The summed E-state index contributed by atoms with van der Waals surface area (Å²) in [5, 5.41) is 0. The molecule has 0 aliphatic heterocycles. The number of allylic oxidation sites excluding steroid dienone is 3. The van der Waals surface area contributed by atoms with E-state index in [-0.39, 0.29) is 6.29 Å². The lowest BCUT2D eigenvalue weighted by atomic mass is 10.1. The highest BCUT2D eigenvalue weighted by Gasteiger charge is 2.06. The number of rotatable bonds is 14. The molecule has 2 nitrogen and oxygen atoms in total. The van der Waals surface area contributed by atoms with Crippen molar-refractivity contribution in [2.24, 2.45) is 0 Å². The number of ether oxygens (including phenoxy) is 2. The molecule has 0 heterocycles. The van der Waals surface area contributed by atoms with E-state index < -0.39 is 0 Å². The van der Waals surface area contributed by atoms with Crippen molar-refractivity contribution in [1.82, 2.24) is 0 Å². The number of hydrogen-bond donors (Lipinski definition) is 0. The van der Waals surface area contributed by atoms with Gasteiger partial charge in [0.25, 0.3) is 0 Å². The normalized spacial score (nSPS) is 11.5. The minimum atomic E-state index is 0.0130. The summed E-state index contributed by atoms with van der Waals surface area (Å²) in [6, 6.07) is 0. The quantitative estimate of drug-likeness (QED) is 0.243. The summed E-state index contributed by atoms with van der Waals surface area (Å²) in [7, 11) is 0. The lowest BCUT2D eigenvalue weighted by Gasteiger charge is -2.16. The second-order valence-electron chi connectivity index (χ2n) is 4.70. The zero-order valence-corrected chi connectivity index (χ0v) is 12.9. The van der Waals surface area contributed by atoms with Gasteiger partial charge in [0.2, 0.25) is 0 Å². The Kier molecular flexibility index (Phi) is 15.0. The molecule has 0 aliphatic carbocycles. The second kappa shape index (κ2) is 15.5. The summed E-state index contributed by atoms with van der Waals surface area (Å²) in [4.78, 5) is 0. The van der Waals surface area contributed by atoms with Gasteiger partial charge >= 0.3 is 0 Å². The summed E-state index contributed by atoms with van der Waals surface area (Å²) in [5.41, 5.74) is 0. The fourth-order valence-corrected chi connectivity index (χ4v) is 2.06. The Balaban J connectivity index is 3.28. The van der Waals surface area contributed by atoms with Gasteiger partial charge in [0, 0.05) is 13.2 Å². The van der Waals surface area contributed by atoms with Gasteiger partial charge in [-0.15, -0.1) is 0 Å². The summed E-state index contributed by atoms with van der Waals surface area (Å²) in [6.07, 6.45) is 16.1. The van der Waals surface area contributed by atoms with Gasteiger partial charge in [-0.05, 0) is 39.5 Å². The Hall–Kier alpha value is -0.600. The monoisotopic (exact) mass is 268 g/mol. The van der Waals surface area contributed by atoms with Crippen LogP contribution in [0.5, 0.6) is 0 Å². The van der Waals surface area contributed by atoms with E-state index in [2.05, 4.69) is 12.7 Å². The Labute approximate surface area is 119 Å². The lowest BCUT2D eigenvalue weighted by molar-refractivity contribution is -0.140. The van der Waals surface area contributed by atoms with E-state index in [1.54, 1.807) is 0 Å². The van der Waals surface area contributed by atoms with Gasteiger partial charge in [-0.1, -0.05) is 50.5 Å². The highest BCUT2D eigenvalue weighted by atomic mass is 16.7. The molecule has 0 saturated carbocycles. The third-order valence-corrected chi connectivity index (χ3v) is 3.04. The first-order valence-corrected chi connectivity index (χ1v) is 7.85. The molecule has 0 aromatic carbocycles. The average Bonchev–Trinajstić information content (AvgIpc) is 2.41. The Morgan fingerprint density at radius 3 is 2.05 bits per heavy atom. The summed E-state index contributed by atoms with van der Waals surface area (Å²) in [5.74, 6) is 0. The molecule has 0 atom stereocenters. The summed E-state index contributed by atoms with van der Waals surface area (Å²) in [6.45, 7) is 9.18. The van der Waals surface area contributed by atoms with E-state index >= 15 is 0 Å². The van der Waals surface area contributed by atoms with E-state index in [1.807, 2.05) is 26.0 Å². The van der Waals surface area contributed by atoms with E-state index in [0.717, 1.165) is 19.6 Å². The van der Waals surface area contributed by atoms with Crippen molar-refractivity contribution < 1.29 is 9.47 Å². The summed E-state index contributed by atoms with van der Waals surface area (Å²) >= 11 is 0. The SMILES string of the molecule is C=C/C=C/CCCCCCCCC(OCC)OCC. The molecule has 2 heteroatoms. The van der Waals surface area contributed by atoms with Crippen LogP contribution in [0.2, 0.25) is 0 Å². The van der Waals surface area contributed by atoms with Crippen LogP contribution < -0.4 is 0 Å². The molecule has 0 fully saturated rings. The Morgan fingerprint density at radius 2 is 1.47 bits per heavy atom. The molecule has 0 bridgehead atoms. The van der Waals surface area contributed by atoms with Crippen LogP contribution >= 0.6 is 0 Å². The van der Waals surface area contributed by atoms with Crippen molar-refractivity contribution in [3.8, 4) is 0 Å². The van der Waals surface area contributed by atoms with Crippen LogP contribution in [0.3, 0.4) is 0 Å². The van der Waals surface area contributed by atoms with Gasteiger partial charge < -0.3 is 9.47 Å².